The van der Waals surface area contributed by atoms with Gasteiger partial charge in [-0.1, -0.05) is 0 Å². The van der Waals surface area contributed by atoms with Gasteiger partial charge < -0.3 is 9.52 Å². The molecule has 1 aromatic carbocycles. The Balaban J connectivity index is 2.16. The molecule has 2 heterocycles. The minimum absolute atomic E-state index is 0.175. The Morgan fingerprint density at radius 3 is 2.79 bits per heavy atom. The fourth-order valence-electron chi connectivity index (χ4n) is 1.84. The van der Waals surface area contributed by atoms with Gasteiger partial charge in [-0.2, -0.15) is 4.98 Å². The molecule has 0 aliphatic rings. The minimum atomic E-state index is -0.991. The Hall–Kier alpha value is -2.63. The molecule has 0 spiro atoms. The molecule has 0 saturated heterocycles. The Morgan fingerprint density at radius 1 is 1.37 bits per heavy atom. The van der Waals surface area contributed by atoms with Crippen LogP contribution in [-0.2, 0) is 0 Å². The van der Waals surface area contributed by atoms with Crippen LogP contribution < -0.4 is 0 Å². The lowest BCUT2D eigenvalue weighted by atomic mass is 10.2. The van der Waals surface area contributed by atoms with Gasteiger partial charge in [0.15, 0.2) is 5.58 Å². The molecule has 0 atom stereocenters. The molecule has 19 heavy (non-hydrogen) atoms. The van der Waals surface area contributed by atoms with Gasteiger partial charge in [-0.25, -0.2) is 9.78 Å². The number of aromatic nitrogens is 3. The first-order valence-electron chi connectivity index (χ1n) is 5.71. The molecule has 2 aromatic heterocycles. The van der Waals surface area contributed by atoms with E-state index in [1.54, 1.807) is 17.0 Å². The highest BCUT2D eigenvalue weighted by Crippen LogP contribution is 2.21. The second-order valence-electron chi connectivity index (χ2n) is 4.27. The molecule has 3 aromatic rings. The van der Waals surface area contributed by atoms with Crippen LogP contribution in [0.3, 0.4) is 0 Å². The Labute approximate surface area is 108 Å². The summed E-state index contributed by atoms with van der Waals surface area (Å²) in [6.07, 6.45) is 1.63. The van der Waals surface area contributed by atoms with E-state index in [-0.39, 0.29) is 5.56 Å². The SMILES string of the molecule is Cc1ncn(-c2nc3ccc(C(=O)O)cc3o2)c1C. The summed E-state index contributed by atoms with van der Waals surface area (Å²) in [5, 5.41) is 8.94. The molecule has 0 saturated carbocycles. The number of aromatic carboxylic acids is 1. The van der Waals surface area contributed by atoms with E-state index in [1.165, 1.54) is 12.1 Å². The van der Waals surface area contributed by atoms with Crippen molar-refractivity contribution in [3.05, 3.63) is 41.5 Å². The number of hydrogen-bond donors (Lipinski definition) is 1. The lowest BCUT2D eigenvalue weighted by Crippen LogP contribution is -1.94. The highest BCUT2D eigenvalue weighted by molar-refractivity contribution is 5.91. The van der Waals surface area contributed by atoms with Crippen molar-refractivity contribution in [1.29, 1.82) is 0 Å². The number of imidazole rings is 1. The average Bonchev–Trinajstić information content (AvgIpc) is 2.93. The molecule has 1 N–H and O–H groups in total. The molecule has 0 amide bonds. The number of rotatable bonds is 2. The van der Waals surface area contributed by atoms with Crippen LogP contribution in [0.5, 0.6) is 0 Å². The summed E-state index contributed by atoms with van der Waals surface area (Å²) < 4.78 is 7.32. The number of carbonyl (C=O) groups is 1. The topological polar surface area (TPSA) is 81.2 Å². The predicted molar refractivity (Wildman–Crippen MR) is 67.6 cm³/mol. The van der Waals surface area contributed by atoms with Crippen molar-refractivity contribution < 1.29 is 14.3 Å². The second kappa shape index (κ2) is 3.94. The van der Waals surface area contributed by atoms with Gasteiger partial charge in [0.25, 0.3) is 0 Å². The Kier molecular flexibility index (Phi) is 2.38. The molecule has 0 radical (unpaired) electrons. The molecule has 0 bridgehead atoms. The van der Waals surface area contributed by atoms with Crippen molar-refractivity contribution >= 4 is 17.1 Å². The quantitative estimate of drug-likeness (QED) is 0.762. The van der Waals surface area contributed by atoms with Crippen LogP contribution in [0.2, 0.25) is 0 Å². The minimum Gasteiger partial charge on any atom is -0.478 e. The average molecular weight is 257 g/mol. The maximum Gasteiger partial charge on any atom is 0.335 e. The van der Waals surface area contributed by atoms with Crippen molar-refractivity contribution in [1.82, 2.24) is 14.5 Å². The van der Waals surface area contributed by atoms with Crippen LogP contribution in [0.25, 0.3) is 17.1 Å². The number of aryl methyl sites for hydroxylation is 1. The zero-order valence-electron chi connectivity index (χ0n) is 10.4. The lowest BCUT2D eigenvalue weighted by molar-refractivity contribution is 0.0697. The molecule has 6 heteroatoms. The van der Waals surface area contributed by atoms with Crippen LogP contribution in [0.15, 0.2) is 28.9 Å². The van der Waals surface area contributed by atoms with E-state index in [0.717, 1.165) is 11.4 Å². The summed E-state index contributed by atoms with van der Waals surface area (Å²) in [5.41, 5.74) is 3.07. The van der Waals surface area contributed by atoms with Crippen LogP contribution in [0.4, 0.5) is 0 Å². The third-order valence-electron chi connectivity index (χ3n) is 3.08. The zero-order chi connectivity index (χ0) is 13.6. The summed E-state index contributed by atoms with van der Waals surface area (Å²) in [7, 11) is 0. The lowest BCUT2D eigenvalue weighted by Gasteiger charge is -1.97. The Bertz CT molecular complexity index is 786. The van der Waals surface area contributed by atoms with E-state index in [2.05, 4.69) is 9.97 Å². The number of nitrogens with zero attached hydrogens (tertiary/aromatic N) is 3. The first kappa shape index (κ1) is 11.5. The van der Waals surface area contributed by atoms with Gasteiger partial charge in [-0.3, -0.25) is 4.57 Å². The number of hydrogen-bond acceptors (Lipinski definition) is 4. The zero-order valence-corrected chi connectivity index (χ0v) is 10.4. The molecule has 0 aliphatic carbocycles. The maximum atomic E-state index is 10.9. The van der Waals surface area contributed by atoms with Crippen molar-refractivity contribution in [3.8, 4) is 6.01 Å². The van der Waals surface area contributed by atoms with E-state index in [4.69, 9.17) is 9.52 Å². The van der Waals surface area contributed by atoms with Crippen molar-refractivity contribution in [2.24, 2.45) is 0 Å². The standard InChI is InChI=1S/C13H11N3O3/c1-7-8(2)16(6-14-7)13-15-10-4-3-9(12(17)18)5-11(10)19-13/h3-6H,1-2H3,(H,17,18). The normalized spacial score (nSPS) is 11.1. The van der Waals surface area contributed by atoms with Gasteiger partial charge in [-0.05, 0) is 32.0 Å². The number of benzene rings is 1. The molecule has 6 nitrogen and oxygen atoms in total. The first-order valence-corrected chi connectivity index (χ1v) is 5.71. The van der Waals surface area contributed by atoms with Gasteiger partial charge in [0, 0.05) is 5.69 Å². The smallest absolute Gasteiger partial charge is 0.335 e. The van der Waals surface area contributed by atoms with Crippen molar-refractivity contribution in [2.75, 3.05) is 0 Å². The second-order valence-corrected chi connectivity index (χ2v) is 4.27. The first-order chi connectivity index (χ1) is 9.06. The van der Waals surface area contributed by atoms with Crippen LogP contribution >= 0.6 is 0 Å². The molecule has 3 rings (SSSR count). The summed E-state index contributed by atoms with van der Waals surface area (Å²) in [6, 6.07) is 4.98. The van der Waals surface area contributed by atoms with E-state index in [9.17, 15) is 4.79 Å². The maximum absolute atomic E-state index is 10.9. The van der Waals surface area contributed by atoms with E-state index >= 15 is 0 Å². The largest absolute Gasteiger partial charge is 0.478 e. The number of fused-ring (bicyclic) bond motifs is 1. The number of oxazole rings is 1. The van der Waals surface area contributed by atoms with Gasteiger partial charge in [0.2, 0.25) is 0 Å². The fraction of sp³-hybridized carbons (Fsp3) is 0.154. The summed E-state index contributed by atoms with van der Waals surface area (Å²) in [6.45, 7) is 3.82. The highest BCUT2D eigenvalue weighted by Gasteiger charge is 2.13. The summed E-state index contributed by atoms with van der Waals surface area (Å²) >= 11 is 0. The van der Waals surface area contributed by atoms with E-state index in [0.29, 0.717) is 17.1 Å². The fourth-order valence-corrected chi connectivity index (χ4v) is 1.84. The van der Waals surface area contributed by atoms with Crippen LogP contribution in [-0.4, -0.2) is 25.6 Å². The van der Waals surface area contributed by atoms with E-state index in [1.807, 2.05) is 13.8 Å². The summed E-state index contributed by atoms with van der Waals surface area (Å²) in [4.78, 5) is 19.4. The van der Waals surface area contributed by atoms with Crippen LogP contribution in [0.1, 0.15) is 21.7 Å². The summed E-state index contributed by atoms with van der Waals surface area (Å²) in [5.74, 6) is -0.991. The van der Waals surface area contributed by atoms with Crippen molar-refractivity contribution in [2.45, 2.75) is 13.8 Å². The monoisotopic (exact) mass is 257 g/mol. The van der Waals surface area contributed by atoms with E-state index < -0.39 is 5.97 Å². The van der Waals surface area contributed by atoms with Crippen LogP contribution in [0, 0.1) is 13.8 Å². The molecular weight excluding hydrogens is 246 g/mol. The van der Waals surface area contributed by atoms with Crippen molar-refractivity contribution in [3.63, 3.8) is 0 Å². The number of carboxylic acids is 1. The molecular formula is C13H11N3O3. The third kappa shape index (κ3) is 1.77. The van der Waals surface area contributed by atoms with Gasteiger partial charge >= 0.3 is 12.0 Å². The third-order valence-corrected chi connectivity index (χ3v) is 3.08. The van der Waals surface area contributed by atoms with Gasteiger partial charge in [-0.15, -0.1) is 0 Å². The predicted octanol–water partition coefficient (Wildman–Crippen LogP) is 2.33. The molecule has 96 valence electrons. The number of carboxylic acid groups (broad SMARTS) is 1. The molecule has 0 unspecified atom stereocenters. The molecule has 0 aliphatic heterocycles. The molecule has 0 fully saturated rings. The van der Waals surface area contributed by atoms with Gasteiger partial charge in [0.05, 0.1) is 11.3 Å². The Morgan fingerprint density at radius 2 is 2.16 bits per heavy atom. The van der Waals surface area contributed by atoms with Gasteiger partial charge in [0.1, 0.15) is 11.8 Å². The highest BCUT2D eigenvalue weighted by atomic mass is 16.4.